The van der Waals surface area contributed by atoms with Crippen LogP contribution in [-0.2, 0) is 17.5 Å². The van der Waals surface area contributed by atoms with E-state index in [0.717, 1.165) is 58.0 Å². The minimum Gasteiger partial charge on any atom is -0.493 e. The Kier molecular flexibility index (Phi) is 5.76. The molecule has 172 valence electrons. The lowest BCUT2D eigenvalue weighted by atomic mass is 9.99. The van der Waals surface area contributed by atoms with Gasteiger partial charge in [0.2, 0.25) is 0 Å². The Morgan fingerprint density at radius 2 is 2.06 bits per heavy atom. The molecule has 0 radical (unpaired) electrons. The van der Waals surface area contributed by atoms with Gasteiger partial charge in [-0.3, -0.25) is 9.48 Å². The van der Waals surface area contributed by atoms with Gasteiger partial charge in [0.1, 0.15) is 11.3 Å². The number of ether oxygens (including phenoxy) is 2. The number of carbonyl (C=O) groups is 1. The van der Waals surface area contributed by atoms with E-state index in [-0.39, 0.29) is 11.6 Å². The predicted octanol–water partition coefficient (Wildman–Crippen LogP) is 3.97. The molecule has 2 aromatic heterocycles. The third-order valence-electron chi connectivity index (χ3n) is 5.92. The lowest BCUT2D eigenvalue weighted by molar-refractivity contribution is 0.0694. The highest BCUT2D eigenvalue weighted by molar-refractivity contribution is 7.98. The average molecular weight is 468 g/mol. The summed E-state index contributed by atoms with van der Waals surface area (Å²) < 4.78 is 14.7. The first-order valence-electron chi connectivity index (χ1n) is 10.9. The van der Waals surface area contributed by atoms with Gasteiger partial charge in [0.05, 0.1) is 18.0 Å². The summed E-state index contributed by atoms with van der Waals surface area (Å²) in [6, 6.07) is 7.58. The number of aromatic nitrogens is 3. The molecule has 3 heterocycles. The summed E-state index contributed by atoms with van der Waals surface area (Å²) in [4.78, 5) is 25.9. The largest absolute Gasteiger partial charge is 0.493 e. The Morgan fingerprint density at radius 1 is 1.24 bits per heavy atom. The second kappa shape index (κ2) is 8.72. The van der Waals surface area contributed by atoms with Gasteiger partial charge in [-0.1, -0.05) is 0 Å². The van der Waals surface area contributed by atoms with Crippen LogP contribution < -0.4 is 10.3 Å². The zero-order chi connectivity index (χ0) is 23.1. The number of fused-ring (bicyclic) bond motifs is 3. The van der Waals surface area contributed by atoms with Crippen molar-refractivity contribution >= 4 is 17.7 Å². The zero-order valence-corrected chi connectivity index (χ0v) is 19.4. The van der Waals surface area contributed by atoms with E-state index in [0.29, 0.717) is 19.0 Å². The smallest absolute Gasteiger partial charge is 0.341 e. The summed E-state index contributed by atoms with van der Waals surface area (Å²) in [7, 11) is 3.53. The number of nitrogens with zero attached hydrogens (tertiary/aromatic N) is 3. The van der Waals surface area contributed by atoms with Crippen LogP contribution in [0.2, 0.25) is 0 Å². The Morgan fingerprint density at radius 3 is 2.73 bits per heavy atom. The first-order chi connectivity index (χ1) is 16.0. The third-order valence-corrected chi connectivity index (χ3v) is 7.02. The van der Waals surface area contributed by atoms with Crippen LogP contribution in [0, 0.1) is 0 Å². The number of hydrogen-bond acceptors (Lipinski definition) is 6. The standard InChI is InChI=1S/C24H25N3O5S/c1-26-7-6-19(25-26)16-11-17-21(12-20(16)32-9-3-8-31-2)33-13-14-10-18(24(29)30)23(28)27(22(14)17)15-4-5-15/h6-7,10-12,15H,3-5,8-9,13H2,1-2H3,(H,29,30). The molecule has 0 spiro atoms. The van der Waals surface area contributed by atoms with Gasteiger partial charge in [-0.2, -0.15) is 5.10 Å². The van der Waals surface area contributed by atoms with Crippen molar-refractivity contribution in [3.8, 4) is 28.3 Å². The van der Waals surface area contributed by atoms with Crippen LogP contribution in [0.1, 0.15) is 41.2 Å². The molecule has 1 aromatic carbocycles. The lowest BCUT2D eigenvalue weighted by Crippen LogP contribution is -2.29. The minimum atomic E-state index is -1.18. The highest BCUT2D eigenvalue weighted by Gasteiger charge is 2.33. The lowest BCUT2D eigenvalue weighted by Gasteiger charge is -2.25. The van der Waals surface area contributed by atoms with Crippen LogP contribution in [0.3, 0.4) is 0 Å². The summed E-state index contributed by atoms with van der Waals surface area (Å²) >= 11 is 1.63. The molecule has 1 aliphatic carbocycles. The molecule has 2 aliphatic rings. The van der Waals surface area contributed by atoms with Gasteiger partial charge in [-0.25, -0.2) is 4.79 Å². The van der Waals surface area contributed by atoms with Crippen LogP contribution in [0.15, 0.2) is 40.2 Å². The van der Waals surface area contributed by atoms with Crippen molar-refractivity contribution in [3.05, 3.63) is 51.9 Å². The summed E-state index contributed by atoms with van der Waals surface area (Å²) in [5.41, 5.74) is 3.65. The number of rotatable bonds is 8. The first-order valence-corrected chi connectivity index (χ1v) is 11.9. The maximum absolute atomic E-state index is 13.1. The molecule has 0 atom stereocenters. The molecule has 1 saturated carbocycles. The van der Waals surface area contributed by atoms with Crippen molar-refractivity contribution in [2.45, 2.75) is 36.0 Å². The Labute approximate surface area is 195 Å². The van der Waals surface area contributed by atoms with E-state index in [9.17, 15) is 14.7 Å². The Hall–Kier alpha value is -3.04. The van der Waals surface area contributed by atoms with Crippen molar-refractivity contribution in [3.63, 3.8) is 0 Å². The predicted molar refractivity (Wildman–Crippen MR) is 125 cm³/mol. The highest BCUT2D eigenvalue weighted by Crippen LogP contribution is 2.48. The molecule has 1 fully saturated rings. The molecular weight excluding hydrogens is 442 g/mol. The molecule has 1 N–H and O–H groups in total. The van der Waals surface area contributed by atoms with E-state index < -0.39 is 11.5 Å². The molecular formula is C24H25N3O5S. The zero-order valence-electron chi connectivity index (χ0n) is 18.5. The fraction of sp³-hybridized carbons (Fsp3) is 0.375. The molecule has 3 aromatic rings. The van der Waals surface area contributed by atoms with Gasteiger partial charge in [0.25, 0.3) is 5.56 Å². The van der Waals surface area contributed by atoms with Gasteiger partial charge in [0, 0.05) is 61.2 Å². The SMILES string of the molecule is COCCCOc1cc2c(cc1-c1ccn(C)n1)-c1c(cc(C(=O)O)c(=O)n1C1CC1)CS2. The number of methoxy groups -OCH3 is 1. The fourth-order valence-electron chi connectivity index (χ4n) is 4.22. The van der Waals surface area contributed by atoms with E-state index in [1.807, 2.05) is 31.4 Å². The molecule has 1 aliphatic heterocycles. The summed E-state index contributed by atoms with van der Waals surface area (Å²) in [5, 5.41) is 14.2. The van der Waals surface area contributed by atoms with Gasteiger partial charge in [-0.05, 0) is 42.7 Å². The maximum Gasteiger partial charge on any atom is 0.341 e. The monoisotopic (exact) mass is 467 g/mol. The molecule has 0 amide bonds. The molecule has 9 heteroatoms. The molecule has 8 nitrogen and oxygen atoms in total. The van der Waals surface area contributed by atoms with E-state index in [2.05, 4.69) is 5.10 Å². The van der Waals surface area contributed by atoms with Gasteiger partial charge in [0.15, 0.2) is 0 Å². The van der Waals surface area contributed by atoms with E-state index in [4.69, 9.17) is 9.47 Å². The normalized spacial score (nSPS) is 14.6. The third kappa shape index (κ3) is 4.06. The topological polar surface area (TPSA) is 95.6 Å². The fourth-order valence-corrected chi connectivity index (χ4v) is 5.25. The van der Waals surface area contributed by atoms with Gasteiger partial charge < -0.3 is 19.1 Å². The number of aromatic carboxylic acids is 1. The van der Waals surface area contributed by atoms with Crippen LogP contribution in [0.5, 0.6) is 5.75 Å². The molecule has 0 saturated heterocycles. The van der Waals surface area contributed by atoms with Crippen molar-refractivity contribution in [2.75, 3.05) is 20.3 Å². The van der Waals surface area contributed by atoms with Crippen molar-refractivity contribution in [1.82, 2.24) is 14.3 Å². The molecule has 0 unspecified atom stereocenters. The number of hydrogen-bond donors (Lipinski definition) is 1. The number of pyridine rings is 1. The summed E-state index contributed by atoms with van der Waals surface area (Å²) in [6.45, 7) is 1.13. The number of aryl methyl sites for hydroxylation is 1. The van der Waals surface area contributed by atoms with Crippen LogP contribution in [-0.4, -0.2) is 45.7 Å². The first kappa shape index (κ1) is 21.8. The van der Waals surface area contributed by atoms with Crippen molar-refractivity contribution in [1.29, 1.82) is 0 Å². The number of carboxylic acid groups (broad SMARTS) is 1. The number of carboxylic acids is 1. The maximum atomic E-state index is 13.1. The Bertz CT molecular complexity index is 1290. The number of benzene rings is 1. The summed E-state index contributed by atoms with van der Waals surface area (Å²) in [6.07, 6.45) is 4.41. The number of thioether (sulfide) groups is 1. The molecule has 0 bridgehead atoms. The van der Waals surface area contributed by atoms with E-state index in [1.54, 1.807) is 34.2 Å². The Balaban J connectivity index is 1.68. The molecule has 33 heavy (non-hydrogen) atoms. The van der Waals surface area contributed by atoms with Crippen molar-refractivity contribution in [2.24, 2.45) is 7.05 Å². The average Bonchev–Trinajstić information content (AvgIpc) is 3.54. The second-order valence-electron chi connectivity index (χ2n) is 8.35. The van der Waals surface area contributed by atoms with Crippen LogP contribution in [0.25, 0.3) is 22.5 Å². The van der Waals surface area contributed by atoms with Gasteiger partial charge >= 0.3 is 5.97 Å². The molecule has 5 rings (SSSR count). The quantitative estimate of drug-likeness (QED) is 0.501. The van der Waals surface area contributed by atoms with Crippen LogP contribution in [0.4, 0.5) is 0 Å². The van der Waals surface area contributed by atoms with E-state index >= 15 is 0 Å². The van der Waals surface area contributed by atoms with E-state index in [1.165, 1.54) is 0 Å². The minimum absolute atomic E-state index is 0.0461. The summed E-state index contributed by atoms with van der Waals surface area (Å²) in [5.74, 6) is 0.158. The van der Waals surface area contributed by atoms with Gasteiger partial charge in [-0.15, -0.1) is 11.8 Å². The second-order valence-corrected chi connectivity index (χ2v) is 9.36. The van der Waals surface area contributed by atoms with Crippen molar-refractivity contribution < 1.29 is 19.4 Å². The van der Waals surface area contributed by atoms with Crippen LogP contribution >= 0.6 is 11.8 Å². The highest BCUT2D eigenvalue weighted by atomic mass is 32.2.